The number of hydrogen-bond acceptors (Lipinski definition) is 2. The predicted molar refractivity (Wildman–Crippen MR) is 76.1 cm³/mol. The van der Waals surface area contributed by atoms with Crippen LogP contribution in [-0.4, -0.2) is 10.2 Å². The minimum atomic E-state index is 0.128. The van der Waals surface area contributed by atoms with Crippen molar-refractivity contribution in [2.45, 2.75) is 51.9 Å². The molecule has 0 saturated carbocycles. The van der Waals surface area contributed by atoms with Crippen molar-refractivity contribution in [3.05, 3.63) is 35.9 Å². The molecule has 1 aromatic rings. The molecule has 2 N–H and O–H groups in total. The van der Waals surface area contributed by atoms with Gasteiger partial charge < -0.3 is 10.2 Å². The molecule has 0 spiro atoms. The minimum Gasteiger partial charge on any atom is -0.508 e. The highest BCUT2D eigenvalue weighted by atomic mass is 16.3. The fourth-order valence-corrected chi connectivity index (χ4v) is 2.09. The summed E-state index contributed by atoms with van der Waals surface area (Å²) in [4.78, 5) is 0. The number of benzene rings is 1. The van der Waals surface area contributed by atoms with Gasteiger partial charge in [-0.25, -0.2) is 0 Å². The average molecular weight is 248 g/mol. The molecule has 0 bridgehead atoms. The highest BCUT2D eigenvalue weighted by Gasteiger charge is 2.08. The zero-order chi connectivity index (χ0) is 13.4. The maximum atomic E-state index is 9.50. The lowest BCUT2D eigenvalue weighted by Crippen LogP contribution is -1.93. The molecule has 18 heavy (non-hydrogen) atoms. The molecule has 0 amide bonds. The van der Waals surface area contributed by atoms with Gasteiger partial charge in [0, 0.05) is 12.0 Å². The van der Waals surface area contributed by atoms with Crippen molar-refractivity contribution < 1.29 is 10.2 Å². The van der Waals surface area contributed by atoms with Crippen molar-refractivity contribution >= 4 is 0 Å². The van der Waals surface area contributed by atoms with Gasteiger partial charge in [0.15, 0.2) is 0 Å². The van der Waals surface area contributed by atoms with Crippen LogP contribution in [0.1, 0.15) is 57.4 Å². The van der Waals surface area contributed by atoms with Crippen molar-refractivity contribution in [2.24, 2.45) is 0 Å². The Balaban J connectivity index is 2.64. The smallest absolute Gasteiger partial charge is 0.119 e. The highest BCUT2D eigenvalue weighted by Crippen LogP contribution is 2.28. The fourth-order valence-electron chi connectivity index (χ4n) is 2.09. The molecule has 0 aliphatic carbocycles. The molecule has 1 rings (SSSR count). The first kappa shape index (κ1) is 14.6. The molecule has 2 heteroatoms. The lowest BCUT2D eigenvalue weighted by atomic mass is 9.95. The first-order valence-electron chi connectivity index (χ1n) is 6.87. The lowest BCUT2D eigenvalue weighted by molar-refractivity contribution is 0.448. The Morgan fingerprint density at radius 2 is 1.72 bits per heavy atom. The van der Waals surface area contributed by atoms with E-state index in [1.54, 1.807) is 12.1 Å². The van der Waals surface area contributed by atoms with E-state index < -0.39 is 0 Å². The fraction of sp³-hybridized carbons (Fsp3) is 0.500. The maximum absolute atomic E-state index is 9.50. The normalized spacial score (nSPS) is 13.0. The molecule has 1 atom stereocenters. The number of allylic oxidation sites excluding steroid dienone is 2. The van der Waals surface area contributed by atoms with Gasteiger partial charge in [0.1, 0.15) is 11.5 Å². The third-order valence-corrected chi connectivity index (χ3v) is 3.14. The molecule has 0 heterocycles. The van der Waals surface area contributed by atoms with Crippen molar-refractivity contribution in [3.63, 3.8) is 0 Å². The predicted octanol–water partition coefficient (Wildman–Crippen LogP) is 4.73. The van der Waals surface area contributed by atoms with Gasteiger partial charge in [-0.3, -0.25) is 0 Å². The SMILES string of the molecule is CCCCC/C=C/C(CC)c1cc(O)cc(O)c1. The highest BCUT2D eigenvalue weighted by molar-refractivity contribution is 5.39. The van der Waals surface area contributed by atoms with E-state index in [2.05, 4.69) is 26.0 Å². The molecule has 0 radical (unpaired) electrons. The van der Waals surface area contributed by atoms with Gasteiger partial charge in [0.25, 0.3) is 0 Å². The Kier molecular flexibility index (Phi) is 6.34. The molecule has 0 saturated heterocycles. The summed E-state index contributed by atoms with van der Waals surface area (Å²) in [5, 5.41) is 19.0. The van der Waals surface area contributed by atoms with Crippen LogP contribution < -0.4 is 0 Å². The van der Waals surface area contributed by atoms with Gasteiger partial charge in [-0.05, 0) is 37.0 Å². The van der Waals surface area contributed by atoms with Crippen LogP contribution in [-0.2, 0) is 0 Å². The Hall–Kier alpha value is -1.44. The van der Waals surface area contributed by atoms with E-state index in [0.717, 1.165) is 18.4 Å². The molecule has 2 nitrogen and oxygen atoms in total. The van der Waals surface area contributed by atoms with E-state index in [1.807, 2.05) is 0 Å². The summed E-state index contributed by atoms with van der Waals surface area (Å²) in [5.41, 5.74) is 0.974. The van der Waals surface area contributed by atoms with Crippen LogP contribution in [0, 0.1) is 0 Å². The van der Waals surface area contributed by atoms with Gasteiger partial charge >= 0.3 is 0 Å². The van der Waals surface area contributed by atoms with Gasteiger partial charge in [0.2, 0.25) is 0 Å². The average Bonchev–Trinajstić information content (AvgIpc) is 2.32. The first-order valence-corrected chi connectivity index (χ1v) is 6.87. The molecular weight excluding hydrogens is 224 g/mol. The van der Waals surface area contributed by atoms with Crippen LogP contribution in [0.4, 0.5) is 0 Å². The largest absolute Gasteiger partial charge is 0.508 e. The second-order valence-electron chi connectivity index (χ2n) is 4.72. The number of phenols is 2. The number of rotatable bonds is 7. The van der Waals surface area contributed by atoms with E-state index in [0.29, 0.717) is 0 Å². The molecule has 0 aliphatic rings. The monoisotopic (exact) mass is 248 g/mol. The first-order chi connectivity index (χ1) is 8.67. The number of unbranched alkanes of at least 4 members (excludes halogenated alkanes) is 3. The third kappa shape index (κ3) is 4.82. The zero-order valence-electron chi connectivity index (χ0n) is 11.4. The summed E-state index contributed by atoms with van der Waals surface area (Å²) >= 11 is 0. The van der Waals surface area contributed by atoms with Crippen molar-refractivity contribution in [1.82, 2.24) is 0 Å². The molecule has 1 unspecified atom stereocenters. The van der Waals surface area contributed by atoms with Crippen LogP contribution in [0.2, 0.25) is 0 Å². The Morgan fingerprint density at radius 3 is 2.28 bits per heavy atom. The minimum absolute atomic E-state index is 0.128. The number of phenolic OH excluding ortho intramolecular Hbond substituents is 2. The van der Waals surface area contributed by atoms with Gasteiger partial charge in [-0.15, -0.1) is 0 Å². The van der Waals surface area contributed by atoms with Gasteiger partial charge in [0.05, 0.1) is 0 Å². The summed E-state index contributed by atoms with van der Waals surface area (Å²) in [7, 11) is 0. The molecule has 0 aliphatic heterocycles. The Labute approximate surface area is 110 Å². The van der Waals surface area contributed by atoms with Gasteiger partial charge in [-0.2, -0.15) is 0 Å². The van der Waals surface area contributed by atoms with Crippen molar-refractivity contribution in [3.8, 4) is 11.5 Å². The molecule has 100 valence electrons. The maximum Gasteiger partial charge on any atom is 0.119 e. The van der Waals surface area contributed by atoms with Crippen molar-refractivity contribution in [1.29, 1.82) is 0 Å². The Morgan fingerprint density at radius 1 is 1.06 bits per heavy atom. The summed E-state index contributed by atoms with van der Waals surface area (Å²) in [6, 6.07) is 4.82. The van der Waals surface area contributed by atoms with E-state index in [4.69, 9.17) is 0 Å². The van der Waals surface area contributed by atoms with Crippen LogP contribution in [0.3, 0.4) is 0 Å². The van der Waals surface area contributed by atoms with Crippen LogP contribution >= 0.6 is 0 Å². The lowest BCUT2D eigenvalue weighted by Gasteiger charge is -2.11. The van der Waals surface area contributed by atoms with Gasteiger partial charge in [-0.1, -0.05) is 38.8 Å². The van der Waals surface area contributed by atoms with E-state index >= 15 is 0 Å². The van der Waals surface area contributed by atoms with E-state index in [1.165, 1.54) is 25.3 Å². The molecule has 0 fully saturated rings. The quantitative estimate of drug-likeness (QED) is 0.541. The summed E-state index contributed by atoms with van der Waals surface area (Å²) in [5.74, 6) is 0.523. The van der Waals surface area contributed by atoms with Crippen molar-refractivity contribution in [2.75, 3.05) is 0 Å². The number of aromatic hydroxyl groups is 2. The second-order valence-corrected chi connectivity index (χ2v) is 4.72. The standard InChI is InChI=1S/C16H24O2/c1-3-5-6-7-8-9-13(4-2)14-10-15(17)12-16(18)11-14/h8-13,17-18H,3-7H2,1-2H3/b9-8+. The second kappa shape index (κ2) is 7.80. The number of hydrogen-bond donors (Lipinski definition) is 2. The van der Waals surface area contributed by atoms with Crippen LogP contribution in [0.25, 0.3) is 0 Å². The molecular formula is C16H24O2. The van der Waals surface area contributed by atoms with E-state index in [-0.39, 0.29) is 17.4 Å². The summed E-state index contributed by atoms with van der Waals surface area (Å²) in [6.45, 7) is 4.32. The third-order valence-electron chi connectivity index (χ3n) is 3.14. The molecule has 1 aromatic carbocycles. The van der Waals surface area contributed by atoms with E-state index in [9.17, 15) is 10.2 Å². The van der Waals surface area contributed by atoms with Crippen LogP contribution in [0.5, 0.6) is 11.5 Å². The summed E-state index contributed by atoms with van der Waals surface area (Å²) in [6.07, 6.45) is 10.2. The summed E-state index contributed by atoms with van der Waals surface area (Å²) < 4.78 is 0. The van der Waals surface area contributed by atoms with Crippen LogP contribution in [0.15, 0.2) is 30.4 Å². The molecule has 0 aromatic heterocycles. The topological polar surface area (TPSA) is 40.5 Å². The Bertz CT molecular complexity index is 362. The zero-order valence-corrected chi connectivity index (χ0v) is 11.4.